The van der Waals surface area contributed by atoms with Crippen LogP contribution in [0.5, 0.6) is 0 Å². The average Bonchev–Trinajstić information content (AvgIpc) is 2.90. The number of aliphatic hydroxyl groups is 1. The van der Waals surface area contributed by atoms with Crippen LogP contribution >= 0.6 is 0 Å². The molecule has 4 fully saturated rings. The predicted octanol–water partition coefficient (Wildman–Crippen LogP) is 4.32. The van der Waals surface area contributed by atoms with Crippen LogP contribution in [-0.2, 0) is 9.53 Å². The molecule has 4 aliphatic carbocycles. The van der Waals surface area contributed by atoms with Crippen LogP contribution in [0.2, 0.25) is 0 Å². The Bertz CT molecular complexity index is 517. The number of hydrogen-bond acceptors (Lipinski definition) is 3. The number of esters is 1. The molecule has 8 atom stereocenters. The van der Waals surface area contributed by atoms with Crippen molar-refractivity contribution in [2.75, 3.05) is 0 Å². The smallest absolute Gasteiger partial charge is 0.302 e. The van der Waals surface area contributed by atoms with Gasteiger partial charge < -0.3 is 9.84 Å². The molecule has 0 aromatic carbocycles. The van der Waals surface area contributed by atoms with Crippen LogP contribution in [0.25, 0.3) is 0 Å². The minimum atomic E-state index is -0.469. The van der Waals surface area contributed by atoms with Crippen LogP contribution in [0.3, 0.4) is 0 Å². The zero-order valence-corrected chi connectivity index (χ0v) is 15.6. The van der Waals surface area contributed by atoms with Gasteiger partial charge >= 0.3 is 5.97 Å². The van der Waals surface area contributed by atoms with E-state index in [-0.39, 0.29) is 17.5 Å². The lowest BCUT2D eigenvalue weighted by molar-refractivity contribution is -0.181. The molecule has 0 spiro atoms. The van der Waals surface area contributed by atoms with Gasteiger partial charge in [-0.1, -0.05) is 20.3 Å². The third-order valence-electron chi connectivity index (χ3n) is 8.76. The zero-order chi connectivity index (χ0) is 17.1. The Morgan fingerprint density at radius 2 is 1.88 bits per heavy atom. The summed E-state index contributed by atoms with van der Waals surface area (Å²) in [6.07, 6.45) is 10.5. The molecule has 0 heterocycles. The van der Waals surface area contributed by atoms with Gasteiger partial charge in [0.2, 0.25) is 0 Å². The van der Waals surface area contributed by atoms with E-state index >= 15 is 0 Å². The molecule has 4 rings (SSSR count). The van der Waals surface area contributed by atoms with Crippen LogP contribution in [0, 0.1) is 34.5 Å². The average molecular weight is 335 g/mol. The van der Waals surface area contributed by atoms with E-state index in [0.29, 0.717) is 11.3 Å². The Labute approximate surface area is 146 Å². The quantitative estimate of drug-likeness (QED) is 0.726. The Balaban J connectivity index is 1.59. The molecule has 3 heteroatoms. The van der Waals surface area contributed by atoms with Crippen LogP contribution < -0.4 is 0 Å². The van der Waals surface area contributed by atoms with Gasteiger partial charge in [0.15, 0.2) is 0 Å². The van der Waals surface area contributed by atoms with Crippen molar-refractivity contribution in [1.82, 2.24) is 0 Å². The van der Waals surface area contributed by atoms with Crippen molar-refractivity contribution in [3.05, 3.63) is 0 Å². The first-order valence-electron chi connectivity index (χ1n) is 10.2. The summed E-state index contributed by atoms with van der Waals surface area (Å²) in [5.41, 5.74) is 0.833. The zero-order valence-electron chi connectivity index (χ0n) is 15.6. The maximum atomic E-state index is 11.5. The molecule has 0 radical (unpaired) electrons. The number of fused-ring (bicyclic) bond motifs is 5. The van der Waals surface area contributed by atoms with Crippen molar-refractivity contribution >= 4 is 5.97 Å². The van der Waals surface area contributed by atoms with Gasteiger partial charge in [-0.05, 0) is 85.9 Å². The molecule has 4 saturated carbocycles. The van der Waals surface area contributed by atoms with Gasteiger partial charge in [-0.15, -0.1) is 0 Å². The van der Waals surface area contributed by atoms with Gasteiger partial charge in [0.1, 0.15) is 6.10 Å². The number of ether oxygens (including phenoxy) is 1. The first-order chi connectivity index (χ1) is 11.3. The van der Waals surface area contributed by atoms with Crippen LogP contribution in [0.1, 0.15) is 78.6 Å². The summed E-state index contributed by atoms with van der Waals surface area (Å²) in [5.74, 6) is 2.89. The standard InChI is InChI=1S/C21H34O3/c1-13(22)24-19-12-21(3)14(11-18(19)23)6-7-15-16-5-4-9-20(16,2)10-8-17(15)21/h14-19,23H,4-12H2,1-3H3/t14-,15-,16-,17-,18+,19+,20-,21-/m0/s1. The second kappa shape index (κ2) is 5.72. The van der Waals surface area contributed by atoms with E-state index < -0.39 is 6.10 Å². The Kier molecular flexibility index (Phi) is 4.02. The van der Waals surface area contributed by atoms with Gasteiger partial charge in [0.05, 0.1) is 6.10 Å². The van der Waals surface area contributed by atoms with E-state index in [1.807, 2.05) is 0 Å². The number of carbonyl (C=O) groups excluding carboxylic acids is 1. The molecular weight excluding hydrogens is 300 g/mol. The number of carbonyl (C=O) groups is 1. The van der Waals surface area contributed by atoms with Gasteiger partial charge in [-0.2, -0.15) is 0 Å². The molecule has 136 valence electrons. The highest BCUT2D eigenvalue weighted by Crippen LogP contribution is 2.66. The Hall–Kier alpha value is -0.570. The van der Waals surface area contributed by atoms with Crippen molar-refractivity contribution < 1.29 is 14.6 Å². The maximum Gasteiger partial charge on any atom is 0.302 e. The van der Waals surface area contributed by atoms with Gasteiger partial charge in [0, 0.05) is 6.92 Å². The topological polar surface area (TPSA) is 46.5 Å². The first-order valence-corrected chi connectivity index (χ1v) is 10.2. The van der Waals surface area contributed by atoms with Gasteiger partial charge in [-0.3, -0.25) is 4.79 Å². The summed E-state index contributed by atoms with van der Waals surface area (Å²) in [6, 6.07) is 0. The summed E-state index contributed by atoms with van der Waals surface area (Å²) in [6.45, 7) is 6.46. The second-order valence-corrected chi connectivity index (χ2v) is 9.90. The Morgan fingerprint density at radius 3 is 2.62 bits per heavy atom. The van der Waals surface area contributed by atoms with E-state index in [2.05, 4.69) is 13.8 Å². The molecule has 24 heavy (non-hydrogen) atoms. The Morgan fingerprint density at radius 1 is 1.08 bits per heavy atom. The minimum Gasteiger partial charge on any atom is -0.460 e. The van der Waals surface area contributed by atoms with Crippen molar-refractivity contribution in [3.8, 4) is 0 Å². The van der Waals surface area contributed by atoms with Crippen molar-refractivity contribution in [2.24, 2.45) is 34.5 Å². The highest BCUT2D eigenvalue weighted by atomic mass is 16.6. The van der Waals surface area contributed by atoms with E-state index in [0.717, 1.165) is 30.6 Å². The molecule has 0 bridgehead atoms. The summed E-state index contributed by atoms with van der Waals surface area (Å²) >= 11 is 0. The SMILES string of the molecule is CC(=O)O[C@@H]1C[C@@]2(C)[C@@H](CC[C@H]3[C@@H]4CCC[C@@]4(C)CC[C@@H]32)C[C@H]1O. The van der Waals surface area contributed by atoms with E-state index in [9.17, 15) is 9.90 Å². The number of hydrogen-bond donors (Lipinski definition) is 1. The largest absolute Gasteiger partial charge is 0.460 e. The molecule has 1 N–H and O–H groups in total. The van der Waals surface area contributed by atoms with Crippen molar-refractivity contribution in [1.29, 1.82) is 0 Å². The highest BCUT2D eigenvalue weighted by molar-refractivity contribution is 5.66. The molecule has 0 amide bonds. The van der Waals surface area contributed by atoms with Crippen LogP contribution in [-0.4, -0.2) is 23.3 Å². The monoisotopic (exact) mass is 334 g/mol. The van der Waals surface area contributed by atoms with Gasteiger partial charge in [0.25, 0.3) is 0 Å². The van der Waals surface area contributed by atoms with Gasteiger partial charge in [-0.25, -0.2) is 0 Å². The fourth-order valence-corrected chi connectivity index (χ4v) is 7.58. The fourth-order valence-electron chi connectivity index (χ4n) is 7.58. The van der Waals surface area contributed by atoms with Crippen molar-refractivity contribution in [3.63, 3.8) is 0 Å². The maximum absolute atomic E-state index is 11.5. The third kappa shape index (κ3) is 2.45. The molecule has 0 aromatic heterocycles. The molecule has 0 aromatic rings. The summed E-state index contributed by atoms with van der Waals surface area (Å²) in [5, 5.41) is 10.5. The molecule has 0 unspecified atom stereocenters. The molecule has 0 aliphatic heterocycles. The van der Waals surface area contributed by atoms with E-state index in [1.54, 1.807) is 0 Å². The number of rotatable bonds is 1. The van der Waals surface area contributed by atoms with Crippen LogP contribution in [0.15, 0.2) is 0 Å². The number of aliphatic hydroxyl groups excluding tert-OH is 1. The van der Waals surface area contributed by atoms with Crippen molar-refractivity contribution in [2.45, 2.75) is 90.8 Å². The fraction of sp³-hybridized carbons (Fsp3) is 0.952. The summed E-state index contributed by atoms with van der Waals surface area (Å²) in [4.78, 5) is 11.5. The normalized spacial score (nSPS) is 53.7. The summed E-state index contributed by atoms with van der Waals surface area (Å²) < 4.78 is 5.51. The molecule has 0 saturated heterocycles. The molecular formula is C21H34O3. The molecule has 3 nitrogen and oxygen atoms in total. The first kappa shape index (κ1) is 16.9. The summed E-state index contributed by atoms with van der Waals surface area (Å²) in [7, 11) is 0. The lowest BCUT2D eigenvalue weighted by Crippen LogP contribution is -2.56. The highest BCUT2D eigenvalue weighted by Gasteiger charge is 2.59. The third-order valence-corrected chi connectivity index (χ3v) is 8.76. The molecule has 4 aliphatic rings. The van der Waals surface area contributed by atoms with E-state index in [1.165, 1.54) is 51.9 Å². The lowest BCUT2D eigenvalue weighted by Gasteiger charge is -2.61. The second-order valence-electron chi connectivity index (χ2n) is 9.90. The minimum absolute atomic E-state index is 0.242. The van der Waals surface area contributed by atoms with Crippen LogP contribution in [0.4, 0.5) is 0 Å². The predicted molar refractivity (Wildman–Crippen MR) is 93.3 cm³/mol. The lowest BCUT2D eigenvalue weighted by atomic mass is 9.45. The van der Waals surface area contributed by atoms with E-state index in [4.69, 9.17) is 4.74 Å².